The standard InChI is InChI=1S/C7H8BrN.C6H6BrN/c1-5-4-6(9)2-3-7(5)8;7-5-1-3-6(8)4-2-5/h2-4H,9H2,1H3;1-4H,8H2. The van der Waals surface area contributed by atoms with E-state index >= 15 is 0 Å². The fraction of sp³-hybridized carbons (Fsp3) is 0.0769. The number of nitrogen functional groups attached to an aromatic ring is 2. The van der Waals surface area contributed by atoms with Crippen molar-refractivity contribution in [3.8, 4) is 0 Å². The largest absolute Gasteiger partial charge is 0.399 e. The van der Waals surface area contributed by atoms with Crippen LogP contribution < -0.4 is 11.5 Å². The van der Waals surface area contributed by atoms with Gasteiger partial charge in [-0.2, -0.15) is 0 Å². The molecule has 0 saturated carbocycles. The summed E-state index contributed by atoms with van der Waals surface area (Å²) >= 11 is 6.66. The van der Waals surface area contributed by atoms with Crippen molar-refractivity contribution < 1.29 is 0 Å². The van der Waals surface area contributed by atoms with Crippen LogP contribution in [0.25, 0.3) is 0 Å². The minimum absolute atomic E-state index is 0.799. The molecule has 4 N–H and O–H groups in total. The molecule has 2 rings (SSSR count). The Morgan fingerprint density at radius 3 is 1.76 bits per heavy atom. The van der Waals surface area contributed by atoms with E-state index in [1.807, 2.05) is 49.4 Å². The average Bonchev–Trinajstić information content (AvgIpc) is 2.29. The molecule has 0 amide bonds. The molecule has 0 spiro atoms. The number of aryl methyl sites for hydroxylation is 1. The second-order valence-corrected chi connectivity index (χ2v) is 5.33. The third-order valence-corrected chi connectivity index (χ3v) is 3.47. The van der Waals surface area contributed by atoms with Crippen molar-refractivity contribution in [2.45, 2.75) is 6.92 Å². The highest BCUT2D eigenvalue weighted by atomic mass is 79.9. The Morgan fingerprint density at radius 2 is 1.35 bits per heavy atom. The number of rotatable bonds is 0. The summed E-state index contributed by atoms with van der Waals surface area (Å²) in [7, 11) is 0. The van der Waals surface area contributed by atoms with Crippen LogP contribution in [0.3, 0.4) is 0 Å². The third kappa shape index (κ3) is 5.24. The van der Waals surface area contributed by atoms with Crippen molar-refractivity contribution >= 4 is 43.2 Å². The van der Waals surface area contributed by atoms with Gasteiger partial charge in [0, 0.05) is 20.3 Å². The predicted molar refractivity (Wildman–Crippen MR) is 81.8 cm³/mol. The highest BCUT2D eigenvalue weighted by molar-refractivity contribution is 9.10. The van der Waals surface area contributed by atoms with Crippen LogP contribution in [-0.4, -0.2) is 0 Å². The average molecular weight is 358 g/mol. The van der Waals surface area contributed by atoms with Crippen molar-refractivity contribution in [3.63, 3.8) is 0 Å². The maximum atomic E-state index is 5.51. The molecule has 0 atom stereocenters. The first-order chi connectivity index (χ1) is 7.99. The molecular formula is C13H14Br2N2. The molecule has 2 aromatic carbocycles. The predicted octanol–water partition coefficient (Wildman–Crippen LogP) is 4.37. The summed E-state index contributed by atoms with van der Waals surface area (Å²) in [5, 5.41) is 0. The molecule has 0 bridgehead atoms. The smallest absolute Gasteiger partial charge is 0.0317 e. The second-order valence-electron chi connectivity index (χ2n) is 3.56. The number of halogens is 2. The molecule has 90 valence electrons. The third-order valence-electron chi connectivity index (χ3n) is 2.05. The van der Waals surface area contributed by atoms with Gasteiger partial charge in [-0.3, -0.25) is 0 Å². The van der Waals surface area contributed by atoms with E-state index in [0.717, 1.165) is 20.3 Å². The van der Waals surface area contributed by atoms with Crippen molar-refractivity contribution in [2.24, 2.45) is 0 Å². The van der Waals surface area contributed by atoms with Gasteiger partial charge < -0.3 is 11.5 Å². The molecule has 0 unspecified atom stereocenters. The van der Waals surface area contributed by atoms with Gasteiger partial charge in [0.05, 0.1) is 0 Å². The lowest BCUT2D eigenvalue weighted by Gasteiger charge is -1.96. The van der Waals surface area contributed by atoms with Gasteiger partial charge in [0.25, 0.3) is 0 Å². The van der Waals surface area contributed by atoms with Gasteiger partial charge in [0.1, 0.15) is 0 Å². The topological polar surface area (TPSA) is 52.0 Å². The van der Waals surface area contributed by atoms with Crippen LogP contribution in [-0.2, 0) is 0 Å². The zero-order valence-electron chi connectivity index (χ0n) is 9.45. The number of nitrogens with two attached hydrogens (primary N) is 2. The summed E-state index contributed by atoms with van der Waals surface area (Å²) in [6.07, 6.45) is 0. The monoisotopic (exact) mass is 356 g/mol. The highest BCUT2D eigenvalue weighted by Crippen LogP contribution is 2.17. The zero-order valence-corrected chi connectivity index (χ0v) is 12.6. The number of anilines is 2. The fourth-order valence-corrected chi connectivity index (χ4v) is 1.64. The maximum absolute atomic E-state index is 5.51. The first kappa shape index (κ1) is 14.1. The summed E-state index contributed by atoms with van der Waals surface area (Å²) in [6, 6.07) is 13.3. The summed E-state index contributed by atoms with van der Waals surface area (Å²) in [6.45, 7) is 2.01. The van der Waals surface area contributed by atoms with Gasteiger partial charge in [-0.05, 0) is 55.0 Å². The molecular weight excluding hydrogens is 344 g/mol. The molecule has 0 heterocycles. The summed E-state index contributed by atoms with van der Waals surface area (Å²) in [4.78, 5) is 0. The van der Waals surface area contributed by atoms with Gasteiger partial charge in [0.2, 0.25) is 0 Å². The summed E-state index contributed by atoms with van der Waals surface area (Å²) in [5.74, 6) is 0. The molecule has 0 aliphatic heterocycles. The van der Waals surface area contributed by atoms with Gasteiger partial charge in [-0.1, -0.05) is 31.9 Å². The van der Waals surface area contributed by atoms with Crippen molar-refractivity contribution in [1.82, 2.24) is 0 Å². The van der Waals surface area contributed by atoms with Crippen LogP contribution in [0.15, 0.2) is 51.4 Å². The quantitative estimate of drug-likeness (QED) is 0.688. The lowest BCUT2D eigenvalue weighted by molar-refractivity contribution is 1.43. The Hall–Kier alpha value is -1.00. The highest BCUT2D eigenvalue weighted by Gasteiger charge is 1.91. The van der Waals surface area contributed by atoms with E-state index in [9.17, 15) is 0 Å². The number of benzene rings is 2. The minimum atomic E-state index is 0.799. The van der Waals surface area contributed by atoms with Crippen molar-refractivity contribution in [1.29, 1.82) is 0 Å². The van der Waals surface area contributed by atoms with Crippen LogP contribution in [0.2, 0.25) is 0 Å². The van der Waals surface area contributed by atoms with Crippen LogP contribution >= 0.6 is 31.9 Å². The number of hydrogen-bond donors (Lipinski definition) is 2. The molecule has 0 aromatic heterocycles. The first-order valence-corrected chi connectivity index (χ1v) is 6.60. The molecule has 4 heteroatoms. The van der Waals surface area contributed by atoms with Crippen LogP contribution in [0, 0.1) is 6.92 Å². The van der Waals surface area contributed by atoms with Crippen LogP contribution in [0.4, 0.5) is 11.4 Å². The first-order valence-electron chi connectivity index (χ1n) is 5.01. The summed E-state index contributed by atoms with van der Waals surface area (Å²) in [5.41, 5.74) is 13.7. The number of hydrogen-bond acceptors (Lipinski definition) is 2. The molecule has 17 heavy (non-hydrogen) atoms. The fourth-order valence-electron chi connectivity index (χ4n) is 1.13. The zero-order chi connectivity index (χ0) is 12.8. The Bertz CT molecular complexity index is 460. The van der Waals surface area contributed by atoms with E-state index < -0.39 is 0 Å². The van der Waals surface area contributed by atoms with E-state index in [4.69, 9.17) is 11.5 Å². The molecule has 2 nitrogen and oxygen atoms in total. The van der Waals surface area contributed by atoms with Gasteiger partial charge in [0.15, 0.2) is 0 Å². The van der Waals surface area contributed by atoms with E-state index in [-0.39, 0.29) is 0 Å². The molecule has 0 fully saturated rings. The Labute approximate surface area is 118 Å². The lowest BCUT2D eigenvalue weighted by Crippen LogP contribution is -1.84. The van der Waals surface area contributed by atoms with Crippen LogP contribution in [0.5, 0.6) is 0 Å². The molecule has 0 aliphatic carbocycles. The summed E-state index contributed by atoms with van der Waals surface area (Å²) < 4.78 is 2.17. The molecule has 2 aromatic rings. The minimum Gasteiger partial charge on any atom is -0.399 e. The Kier molecular flexibility index (Phi) is 5.51. The maximum Gasteiger partial charge on any atom is 0.0317 e. The van der Waals surface area contributed by atoms with E-state index in [1.54, 1.807) is 0 Å². The van der Waals surface area contributed by atoms with Crippen molar-refractivity contribution in [2.75, 3.05) is 11.5 Å². The SMILES string of the molecule is Cc1cc(N)ccc1Br.Nc1ccc(Br)cc1. The van der Waals surface area contributed by atoms with Gasteiger partial charge in [-0.25, -0.2) is 0 Å². The molecule has 0 aliphatic rings. The molecule has 0 radical (unpaired) electrons. The van der Waals surface area contributed by atoms with Crippen molar-refractivity contribution in [3.05, 3.63) is 57.0 Å². The lowest BCUT2D eigenvalue weighted by atomic mass is 10.2. The van der Waals surface area contributed by atoms with Gasteiger partial charge in [-0.15, -0.1) is 0 Å². The molecule has 0 saturated heterocycles. The Balaban J connectivity index is 0.000000171. The van der Waals surface area contributed by atoms with E-state index in [0.29, 0.717) is 0 Å². The Morgan fingerprint density at radius 1 is 0.824 bits per heavy atom. The van der Waals surface area contributed by atoms with Gasteiger partial charge >= 0.3 is 0 Å². The van der Waals surface area contributed by atoms with Crippen LogP contribution in [0.1, 0.15) is 5.56 Å². The second kappa shape index (κ2) is 6.67. The van der Waals surface area contributed by atoms with E-state index in [1.165, 1.54) is 5.56 Å². The van der Waals surface area contributed by atoms with E-state index in [2.05, 4.69) is 31.9 Å². The normalized spacial score (nSPS) is 9.35.